The van der Waals surface area contributed by atoms with Gasteiger partial charge in [0.2, 0.25) is 0 Å². The van der Waals surface area contributed by atoms with Gasteiger partial charge in [0, 0.05) is 5.69 Å². The first-order valence-electron chi connectivity index (χ1n) is 7.43. The Hall–Kier alpha value is -3.32. The van der Waals surface area contributed by atoms with Gasteiger partial charge in [0.05, 0.1) is 11.1 Å². The van der Waals surface area contributed by atoms with Gasteiger partial charge in [0.1, 0.15) is 5.70 Å². The summed E-state index contributed by atoms with van der Waals surface area (Å²) in [5.41, 5.74) is 0.675. The molecule has 0 radical (unpaired) electrons. The van der Waals surface area contributed by atoms with Gasteiger partial charge in [-0.15, -0.1) is 0 Å². The van der Waals surface area contributed by atoms with Crippen LogP contribution in [0.2, 0.25) is 0 Å². The van der Waals surface area contributed by atoms with E-state index in [0.717, 1.165) is 0 Å². The molecule has 0 fully saturated rings. The standard InChI is InChI=1S/C18H12ClNO6/c19-13-14(20-12-8-4-7-11(9-12)15(21)22)18(26-17(13)24)25-16(23)10-5-2-1-3-6-10/h1-9,18,20H,(H,21,22). The highest BCUT2D eigenvalue weighted by molar-refractivity contribution is 6.42. The van der Waals surface area contributed by atoms with Crippen molar-refractivity contribution in [3.63, 3.8) is 0 Å². The molecule has 2 aromatic rings. The summed E-state index contributed by atoms with van der Waals surface area (Å²) in [4.78, 5) is 35.0. The Labute approximate surface area is 152 Å². The zero-order chi connectivity index (χ0) is 18.7. The maximum atomic E-state index is 12.2. The summed E-state index contributed by atoms with van der Waals surface area (Å²) in [5.74, 6) is -2.66. The SMILES string of the molecule is O=C1OC(OC(=O)c2ccccc2)C(Nc2cccc(C(=O)O)c2)=C1Cl. The zero-order valence-electron chi connectivity index (χ0n) is 13.1. The number of hydrogen-bond donors (Lipinski definition) is 2. The molecule has 0 spiro atoms. The Bertz CT molecular complexity index is 909. The van der Waals surface area contributed by atoms with Gasteiger partial charge in [-0.1, -0.05) is 35.9 Å². The fourth-order valence-electron chi connectivity index (χ4n) is 2.24. The van der Waals surface area contributed by atoms with E-state index >= 15 is 0 Å². The van der Waals surface area contributed by atoms with Gasteiger partial charge in [-0.3, -0.25) is 0 Å². The molecule has 26 heavy (non-hydrogen) atoms. The van der Waals surface area contributed by atoms with Crippen LogP contribution in [-0.2, 0) is 14.3 Å². The molecule has 0 aliphatic carbocycles. The lowest BCUT2D eigenvalue weighted by molar-refractivity contribution is -0.152. The number of carboxylic acids is 1. The van der Waals surface area contributed by atoms with Gasteiger partial charge >= 0.3 is 17.9 Å². The summed E-state index contributed by atoms with van der Waals surface area (Å²) in [6, 6.07) is 14.0. The molecular weight excluding hydrogens is 362 g/mol. The van der Waals surface area contributed by atoms with E-state index in [1.54, 1.807) is 36.4 Å². The van der Waals surface area contributed by atoms with Crippen LogP contribution in [0.15, 0.2) is 65.3 Å². The molecule has 8 heteroatoms. The number of benzene rings is 2. The number of ether oxygens (including phenoxy) is 2. The van der Waals surface area contributed by atoms with Crippen LogP contribution in [0.25, 0.3) is 0 Å². The van der Waals surface area contributed by atoms with Crippen LogP contribution in [-0.4, -0.2) is 29.3 Å². The monoisotopic (exact) mass is 373 g/mol. The number of cyclic esters (lactones) is 1. The van der Waals surface area contributed by atoms with Crippen molar-refractivity contribution in [1.82, 2.24) is 0 Å². The number of anilines is 1. The van der Waals surface area contributed by atoms with Gasteiger partial charge in [0.25, 0.3) is 6.29 Å². The van der Waals surface area contributed by atoms with Crippen molar-refractivity contribution in [2.24, 2.45) is 0 Å². The number of esters is 2. The van der Waals surface area contributed by atoms with Crippen LogP contribution in [0.4, 0.5) is 5.69 Å². The highest BCUT2D eigenvalue weighted by Crippen LogP contribution is 2.29. The molecule has 0 saturated heterocycles. The van der Waals surface area contributed by atoms with Crippen molar-refractivity contribution in [2.45, 2.75) is 6.29 Å². The topological polar surface area (TPSA) is 102 Å². The highest BCUT2D eigenvalue weighted by Gasteiger charge is 2.36. The maximum absolute atomic E-state index is 12.2. The van der Waals surface area contributed by atoms with Crippen LogP contribution in [0.3, 0.4) is 0 Å². The largest absolute Gasteiger partial charge is 0.478 e. The van der Waals surface area contributed by atoms with Crippen LogP contribution < -0.4 is 5.32 Å². The van der Waals surface area contributed by atoms with E-state index in [4.69, 9.17) is 26.2 Å². The molecule has 7 nitrogen and oxygen atoms in total. The predicted octanol–water partition coefficient (Wildman–Crippen LogP) is 2.99. The molecule has 0 aromatic heterocycles. The second-order valence-corrected chi connectivity index (χ2v) is 5.63. The Morgan fingerprint density at radius 3 is 2.46 bits per heavy atom. The summed E-state index contributed by atoms with van der Waals surface area (Å²) >= 11 is 5.94. The summed E-state index contributed by atoms with van der Waals surface area (Å²) in [5, 5.41) is 11.6. The van der Waals surface area contributed by atoms with Crippen molar-refractivity contribution in [2.75, 3.05) is 5.32 Å². The van der Waals surface area contributed by atoms with Crippen molar-refractivity contribution in [3.05, 3.63) is 76.5 Å². The third-order valence-corrected chi connectivity index (χ3v) is 3.84. The number of aromatic carboxylic acids is 1. The van der Waals surface area contributed by atoms with Crippen LogP contribution >= 0.6 is 11.6 Å². The van der Waals surface area contributed by atoms with Gasteiger partial charge in [-0.25, -0.2) is 14.4 Å². The average molecular weight is 374 g/mol. The number of carbonyl (C=O) groups excluding carboxylic acids is 2. The zero-order valence-corrected chi connectivity index (χ0v) is 13.9. The lowest BCUT2D eigenvalue weighted by atomic mass is 10.2. The quantitative estimate of drug-likeness (QED) is 0.777. The molecular formula is C18H12ClNO6. The Balaban J connectivity index is 1.81. The maximum Gasteiger partial charge on any atom is 0.355 e. The Morgan fingerprint density at radius 2 is 1.77 bits per heavy atom. The number of halogens is 1. The molecule has 3 rings (SSSR count). The Morgan fingerprint density at radius 1 is 1.08 bits per heavy atom. The summed E-state index contributed by atoms with van der Waals surface area (Å²) in [6.07, 6.45) is -1.36. The molecule has 2 N–H and O–H groups in total. The number of hydrogen-bond acceptors (Lipinski definition) is 6. The lowest BCUT2D eigenvalue weighted by Crippen LogP contribution is -2.24. The molecule has 0 saturated carbocycles. The molecule has 1 aliphatic heterocycles. The molecule has 0 amide bonds. The first kappa shape index (κ1) is 17.5. The summed E-state index contributed by atoms with van der Waals surface area (Å²) < 4.78 is 10.2. The molecule has 0 bridgehead atoms. The minimum Gasteiger partial charge on any atom is -0.478 e. The second kappa shape index (κ2) is 7.28. The van der Waals surface area contributed by atoms with Gasteiger partial charge in [0.15, 0.2) is 5.03 Å². The smallest absolute Gasteiger partial charge is 0.355 e. The van der Waals surface area contributed by atoms with E-state index in [1.165, 1.54) is 18.2 Å². The lowest BCUT2D eigenvalue weighted by Gasteiger charge is -2.16. The van der Waals surface area contributed by atoms with Crippen LogP contribution in [0.5, 0.6) is 0 Å². The highest BCUT2D eigenvalue weighted by atomic mass is 35.5. The van der Waals surface area contributed by atoms with E-state index < -0.39 is 24.2 Å². The van der Waals surface area contributed by atoms with E-state index in [2.05, 4.69) is 5.32 Å². The first-order chi connectivity index (χ1) is 12.5. The minimum atomic E-state index is -1.36. The number of rotatable bonds is 5. The second-order valence-electron chi connectivity index (χ2n) is 5.25. The van der Waals surface area contributed by atoms with Crippen molar-refractivity contribution >= 4 is 35.2 Å². The van der Waals surface area contributed by atoms with E-state index in [9.17, 15) is 14.4 Å². The summed E-state index contributed by atoms with van der Waals surface area (Å²) in [6.45, 7) is 0. The first-order valence-corrected chi connectivity index (χ1v) is 7.80. The average Bonchev–Trinajstić information content (AvgIpc) is 2.90. The van der Waals surface area contributed by atoms with Crippen molar-refractivity contribution < 1.29 is 29.0 Å². The van der Waals surface area contributed by atoms with Crippen molar-refractivity contribution in [3.8, 4) is 0 Å². The molecule has 2 aromatic carbocycles. The van der Waals surface area contributed by atoms with Crippen LogP contribution in [0, 0.1) is 0 Å². The molecule has 1 atom stereocenters. The predicted molar refractivity (Wildman–Crippen MR) is 91.6 cm³/mol. The van der Waals surface area contributed by atoms with Crippen molar-refractivity contribution in [1.29, 1.82) is 0 Å². The van der Waals surface area contributed by atoms with Crippen LogP contribution in [0.1, 0.15) is 20.7 Å². The third-order valence-electron chi connectivity index (χ3n) is 3.48. The van der Waals surface area contributed by atoms with E-state index in [0.29, 0.717) is 5.69 Å². The number of nitrogens with one attached hydrogen (secondary N) is 1. The van der Waals surface area contributed by atoms with E-state index in [-0.39, 0.29) is 21.9 Å². The van der Waals surface area contributed by atoms with Gasteiger partial charge in [-0.2, -0.15) is 0 Å². The fourth-order valence-corrected chi connectivity index (χ4v) is 2.42. The molecule has 1 unspecified atom stereocenters. The Kier molecular flexibility index (Phi) is 4.90. The normalized spacial score (nSPS) is 16.2. The fraction of sp³-hybridized carbons (Fsp3) is 0.0556. The number of carbonyl (C=O) groups is 3. The molecule has 1 heterocycles. The minimum absolute atomic E-state index is 0.0171. The van der Waals surface area contributed by atoms with Gasteiger partial charge in [-0.05, 0) is 30.3 Å². The molecule has 1 aliphatic rings. The van der Waals surface area contributed by atoms with Gasteiger partial charge < -0.3 is 19.9 Å². The third kappa shape index (κ3) is 3.68. The summed E-state index contributed by atoms with van der Waals surface area (Å²) in [7, 11) is 0. The number of carboxylic acid groups (broad SMARTS) is 1. The van der Waals surface area contributed by atoms with E-state index in [1.807, 2.05) is 0 Å². The molecule has 132 valence electrons.